The molecule has 4 aromatic rings. The second kappa shape index (κ2) is 9.76. The van der Waals surface area contributed by atoms with Crippen LogP contribution in [0.4, 0.5) is 0 Å². The minimum Gasteiger partial charge on any atom is -0.481 e. The van der Waals surface area contributed by atoms with E-state index in [1.165, 1.54) is 4.57 Å². The SMILES string of the molecule is O=C(O)CCn1c(=O)n(Cc2ccc3ccccc3c2)c2ccc(C(=O)NCC3CCCO3)cc21. The molecule has 8 nitrogen and oxygen atoms in total. The first-order chi connectivity index (χ1) is 17.0. The van der Waals surface area contributed by atoms with E-state index in [0.717, 1.165) is 29.2 Å². The lowest BCUT2D eigenvalue weighted by Crippen LogP contribution is -2.31. The summed E-state index contributed by atoms with van der Waals surface area (Å²) in [6.07, 6.45) is 1.75. The normalized spacial score (nSPS) is 15.6. The number of hydrogen-bond donors (Lipinski definition) is 2. The third-order valence-electron chi connectivity index (χ3n) is 6.50. The number of carboxylic acid groups (broad SMARTS) is 1. The van der Waals surface area contributed by atoms with Crippen LogP contribution in [0.2, 0.25) is 0 Å². The highest BCUT2D eigenvalue weighted by molar-refractivity contribution is 5.97. The molecule has 2 heterocycles. The molecule has 1 saturated heterocycles. The van der Waals surface area contributed by atoms with E-state index in [2.05, 4.69) is 11.4 Å². The maximum absolute atomic E-state index is 13.4. The molecule has 1 aromatic heterocycles. The minimum atomic E-state index is -0.988. The summed E-state index contributed by atoms with van der Waals surface area (Å²) in [6, 6.07) is 19.2. The number of imidazole rings is 1. The quantitative estimate of drug-likeness (QED) is 0.408. The van der Waals surface area contributed by atoms with Crippen molar-refractivity contribution in [2.75, 3.05) is 13.2 Å². The van der Waals surface area contributed by atoms with Crippen molar-refractivity contribution < 1.29 is 19.4 Å². The Morgan fingerprint density at radius 1 is 1.00 bits per heavy atom. The second-order valence-corrected chi connectivity index (χ2v) is 8.89. The number of hydrogen-bond acceptors (Lipinski definition) is 4. The first-order valence-corrected chi connectivity index (χ1v) is 11.8. The fourth-order valence-corrected chi connectivity index (χ4v) is 4.67. The van der Waals surface area contributed by atoms with E-state index in [1.807, 2.05) is 36.4 Å². The van der Waals surface area contributed by atoms with E-state index in [-0.39, 0.29) is 30.7 Å². The number of benzene rings is 3. The molecule has 0 bridgehead atoms. The molecule has 3 aromatic carbocycles. The zero-order chi connectivity index (χ0) is 24.4. The van der Waals surface area contributed by atoms with Gasteiger partial charge in [-0.15, -0.1) is 0 Å². The van der Waals surface area contributed by atoms with Crippen LogP contribution < -0.4 is 11.0 Å². The maximum Gasteiger partial charge on any atom is 0.329 e. The van der Waals surface area contributed by atoms with E-state index in [0.29, 0.717) is 36.3 Å². The molecule has 1 amide bonds. The number of carboxylic acids is 1. The van der Waals surface area contributed by atoms with Gasteiger partial charge in [-0.1, -0.05) is 36.4 Å². The van der Waals surface area contributed by atoms with Gasteiger partial charge >= 0.3 is 11.7 Å². The van der Waals surface area contributed by atoms with E-state index in [9.17, 15) is 19.5 Å². The average molecular weight is 474 g/mol. The number of nitrogens with one attached hydrogen (secondary N) is 1. The summed E-state index contributed by atoms with van der Waals surface area (Å²) in [5, 5.41) is 14.3. The van der Waals surface area contributed by atoms with Gasteiger partial charge < -0.3 is 15.2 Å². The largest absolute Gasteiger partial charge is 0.481 e. The lowest BCUT2D eigenvalue weighted by atomic mass is 10.1. The van der Waals surface area contributed by atoms with Crippen LogP contribution in [0.15, 0.2) is 65.5 Å². The molecule has 35 heavy (non-hydrogen) atoms. The van der Waals surface area contributed by atoms with Crippen molar-refractivity contribution in [3.05, 3.63) is 82.3 Å². The van der Waals surface area contributed by atoms with Gasteiger partial charge in [0, 0.05) is 25.3 Å². The summed E-state index contributed by atoms with van der Waals surface area (Å²) in [7, 11) is 0. The van der Waals surface area contributed by atoms with E-state index < -0.39 is 5.97 Å². The maximum atomic E-state index is 13.4. The van der Waals surface area contributed by atoms with Gasteiger partial charge in [-0.25, -0.2) is 4.79 Å². The van der Waals surface area contributed by atoms with Gasteiger partial charge in [-0.2, -0.15) is 0 Å². The van der Waals surface area contributed by atoms with Crippen LogP contribution in [-0.4, -0.2) is 45.4 Å². The monoisotopic (exact) mass is 473 g/mol. The van der Waals surface area contributed by atoms with E-state index in [1.54, 1.807) is 22.8 Å². The molecule has 0 spiro atoms. The van der Waals surface area contributed by atoms with Crippen molar-refractivity contribution in [1.29, 1.82) is 0 Å². The molecular weight excluding hydrogens is 446 g/mol. The predicted molar refractivity (Wildman–Crippen MR) is 133 cm³/mol. The Morgan fingerprint density at radius 3 is 2.60 bits per heavy atom. The fourth-order valence-electron chi connectivity index (χ4n) is 4.67. The Bertz CT molecular complexity index is 1460. The van der Waals surface area contributed by atoms with Crippen LogP contribution in [0, 0.1) is 0 Å². The third-order valence-corrected chi connectivity index (χ3v) is 6.50. The Balaban J connectivity index is 1.49. The van der Waals surface area contributed by atoms with Gasteiger partial charge in [0.15, 0.2) is 0 Å². The number of rotatable bonds is 8. The topological polar surface area (TPSA) is 103 Å². The molecule has 1 atom stereocenters. The molecular formula is C27H27N3O5. The van der Waals surface area contributed by atoms with Gasteiger partial charge in [0.1, 0.15) is 0 Å². The zero-order valence-corrected chi connectivity index (χ0v) is 19.3. The molecule has 0 radical (unpaired) electrons. The van der Waals surface area contributed by atoms with Crippen LogP contribution in [0.5, 0.6) is 0 Å². The van der Waals surface area contributed by atoms with Crippen molar-refractivity contribution >= 4 is 33.7 Å². The Kier molecular flexibility index (Phi) is 6.37. The van der Waals surface area contributed by atoms with Crippen LogP contribution in [0.1, 0.15) is 35.2 Å². The number of aromatic nitrogens is 2. The van der Waals surface area contributed by atoms with Gasteiger partial charge in [-0.3, -0.25) is 18.7 Å². The summed E-state index contributed by atoms with van der Waals surface area (Å²) >= 11 is 0. The summed E-state index contributed by atoms with van der Waals surface area (Å²) in [4.78, 5) is 37.4. The Labute approximate surface area is 201 Å². The lowest BCUT2D eigenvalue weighted by molar-refractivity contribution is -0.137. The van der Waals surface area contributed by atoms with Crippen LogP contribution >= 0.6 is 0 Å². The standard InChI is InChI=1S/C27H27N3O5/c31-25(32)11-12-29-24-15-21(26(33)28-16-22-6-3-13-35-22)9-10-23(24)30(27(29)34)17-18-7-8-19-4-1-2-5-20(19)14-18/h1-2,4-5,7-10,14-15,22H,3,6,11-13,16-17H2,(H,28,33)(H,31,32). The number of aryl methyl sites for hydroxylation is 1. The Morgan fingerprint density at radius 2 is 1.83 bits per heavy atom. The van der Waals surface area contributed by atoms with Crippen molar-refractivity contribution in [1.82, 2.24) is 14.5 Å². The van der Waals surface area contributed by atoms with Crippen molar-refractivity contribution in [3.8, 4) is 0 Å². The molecule has 2 N–H and O–H groups in total. The molecule has 180 valence electrons. The number of ether oxygens (including phenoxy) is 1. The minimum absolute atomic E-state index is 0.0242. The highest BCUT2D eigenvalue weighted by Crippen LogP contribution is 2.20. The van der Waals surface area contributed by atoms with Crippen LogP contribution in [0.25, 0.3) is 21.8 Å². The molecule has 0 aliphatic carbocycles. The zero-order valence-electron chi connectivity index (χ0n) is 19.3. The van der Waals surface area contributed by atoms with Gasteiger partial charge in [0.2, 0.25) is 0 Å². The summed E-state index contributed by atoms with van der Waals surface area (Å²) in [5.74, 6) is -1.24. The van der Waals surface area contributed by atoms with Crippen molar-refractivity contribution in [2.24, 2.45) is 0 Å². The number of amides is 1. The fraction of sp³-hybridized carbons (Fsp3) is 0.296. The molecule has 1 unspecified atom stereocenters. The molecule has 5 rings (SSSR count). The molecule has 1 aliphatic rings. The smallest absolute Gasteiger partial charge is 0.329 e. The molecule has 1 aliphatic heterocycles. The van der Waals surface area contributed by atoms with Gasteiger partial charge in [0.05, 0.1) is 30.1 Å². The summed E-state index contributed by atoms with van der Waals surface area (Å²) < 4.78 is 8.65. The highest BCUT2D eigenvalue weighted by atomic mass is 16.5. The summed E-state index contributed by atoms with van der Waals surface area (Å²) in [5.41, 5.74) is 2.28. The lowest BCUT2D eigenvalue weighted by Gasteiger charge is -2.11. The molecule has 0 saturated carbocycles. The Hall–Kier alpha value is -3.91. The first kappa shape index (κ1) is 22.9. The van der Waals surface area contributed by atoms with Crippen molar-refractivity contribution in [3.63, 3.8) is 0 Å². The van der Waals surface area contributed by atoms with E-state index in [4.69, 9.17) is 4.74 Å². The number of carbonyl (C=O) groups excluding carboxylic acids is 1. The van der Waals surface area contributed by atoms with Crippen LogP contribution in [-0.2, 0) is 22.6 Å². The molecule has 8 heteroatoms. The number of nitrogens with zero attached hydrogens (tertiary/aromatic N) is 2. The molecule has 1 fully saturated rings. The number of fused-ring (bicyclic) bond motifs is 2. The van der Waals surface area contributed by atoms with Gasteiger partial charge in [-0.05, 0) is 53.4 Å². The average Bonchev–Trinajstić information content (AvgIpc) is 3.47. The van der Waals surface area contributed by atoms with Crippen molar-refractivity contribution in [2.45, 2.75) is 38.5 Å². The van der Waals surface area contributed by atoms with E-state index >= 15 is 0 Å². The van der Waals surface area contributed by atoms with Crippen LogP contribution in [0.3, 0.4) is 0 Å². The third kappa shape index (κ3) is 4.83. The number of aliphatic carboxylic acids is 1. The summed E-state index contributed by atoms with van der Waals surface area (Å²) in [6.45, 7) is 1.51. The first-order valence-electron chi connectivity index (χ1n) is 11.8. The second-order valence-electron chi connectivity index (χ2n) is 8.89. The number of carbonyl (C=O) groups is 2. The van der Waals surface area contributed by atoms with Gasteiger partial charge in [0.25, 0.3) is 5.91 Å². The highest BCUT2D eigenvalue weighted by Gasteiger charge is 2.19. The predicted octanol–water partition coefficient (Wildman–Crippen LogP) is 3.39.